The monoisotopic (exact) mass is 292 g/mol. The third-order valence-corrected chi connectivity index (χ3v) is 6.19. The van der Waals surface area contributed by atoms with Gasteiger partial charge in [0.25, 0.3) is 0 Å². The molecule has 0 spiro atoms. The van der Waals surface area contributed by atoms with Crippen LogP contribution >= 0.6 is 11.3 Å². The van der Waals surface area contributed by atoms with Gasteiger partial charge in [-0.2, -0.15) is 0 Å². The molecule has 0 saturated carbocycles. The second-order valence-electron chi connectivity index (χ2n) is 6.62. The predicted octanol–water partition coefficient (Wildman–Crippen LogP) is 3.55. The van der Waals surface area contributed by atoms with Crippen molar-refractivity contribution in [3.8, 4) is 0 Å². The van der Waals surface area contributed by atoms with Gasteiger partial charge in [0.2, 0.25) is 0 Å². The minimum absolute atomic E-state index is 0.681. The second-order valence-corrected chi connectivity index (χ2v) is 7.99. The Labute approximate surface area is 127 Å². The van der Waals surface area contributed by atoms with Crippen LogP contribution in [-0.2, 0) is 6.42 Å². The first-order valence-corrected chi connectivity index (χ1v) is 9.04. The van der Waals surface area contributed by atoms with E-state index in [2.05, 4.69) is 42.7 Å². The SMILES string of the molecule is CCC1CN2CCCC2CN1C(C)Cc1ccc(C)s1. The van der Waals surface area contributed by atoms with Crippen LogP contribution in [0.2, 0.25) is 0 Å². The van der Waals surface area contributed by atoms with E-state index in [1.165, 1.54) is 50.2 Å². The molecule has 0 aromatic carbocycles. The van der Waals surface area contributed by atoms with Crippen LogP contribution in [0.5, 0.6) is 0 Å². The Morgan fingerprint density at radius 3 is 2.90 bits per heavy atom. The van der Waals surface area contributed by atoms with Crippen molar-refractivity contribution in [3.05, 3.63) is 21.9 Å². The number of fused-ring (bicyclic) bond motifs is 1. The van der Waals surface area contributed by atoms with Crippen LogP contribution < -0.4 is 0 Å². The lowest BCUT2D eigenvalue weighted by molar-refractivity contribution is 0.0236. The van der Waals surface area contributed by atoms with Crippen LogP contribution in [0.3, 0.4) is 0 Å². The lowest BCUT2D eigenvalue weighted by Gasteiger charge is -2.46. The van der Waals surface area contributed by atoms with Gasteiger partial charge >= 0.3 is 0 Å². The summed E-state index contributed by atoms with van der Waals surface area (Å²) in [6.07, 6.45) is 5.34. The highest BCUT2D eigenvalue weighted by Gasteiger charge is 2.37. The normalized spacial score (nSPS) is 29.6. The van der Waals surface area contributed by atoms with Crippen molar-refractivity contribution in [2.24, 2.45) is 0 Å². The molecule has 3 rings (SSSR count). The molecule has 3 unspecified atom stereocenters. The topological polar surface area (TPSA) is 6.48 Å². The lowest BCUT2D eigenvalue weighted by atomic mass is 10.0. The summed E-state index contributed by atoms with van der Waals surface area (Å²) in [6, 6.07) is 6.87. The van der Waals surface area contributed by atoms with Crippen molar-refractivity contribution in [2.75, 3.05) is 19.6 Å². The summed E-state index contributed by atoms with van der Waals surface area (Å²) < 4.78 is 0. The highest BCUT2D eigenvalue weighted by Crippen LogP contribution is 2.28. The van der Waals surface area contributed by atoms with Crippen LogP contribution in [0.1, 0.15) is 42.9 Å². The molecule has 3 atom stereocenters. The number of aryl methyl sites for hydroxylation is 1. The number of piperazine rings is 1. The minimum Gasteiger partial charge on any atom is -0.298 e. The third kappa shape index (κ3) is 2.95. The van der Waals surface area contributed by atoms with Crippen LogP contribution in [0.15, 0.2) is 12.1 Å². The van der Waals surface area contributed by atoms with Gasteiger partial charge in [-0.15, -0.1) is 11.3 Å². The van der Waals surface area contributed by atoms with E-state index >= 15 is 0 Å². The molecule has 3 heterocycles. The molecule has 0 N–H and O–H groups in total. The zero-order valence-electron chi connectivity index (χ0n) is 13.1. The van der Waals surface area contributed by atoms with Crippen molar-refractivity contribution in [3.63, 3.8) is 0 Å². The highest BCUT2D eigenvalue weighted by molar-refractivity contribution is 7.11. The molecule has 112 valence electrons. The molecule has 0 bridgehead atoms. The molecule has 2 saturated heterocycles. The summed E-state index contributed by atoms with van der Waals surface area (Å²) in [5.74, 6) is 0. The average Bonchev–Trinajstić information content (AvgIpc) is 3.05. The molecular weight excluding hydrogens is 264 g/mol. The maximum atomic E-state index is 2.81. The van der Waals surface area contributed by atoms with E-state index < -0.39 is 0 Å². The molecule has 2 nitrogen and oxygen atoms in total. The molecule has 0 aliphatic carbocycles. The van der Waals surface area contributed by atoms with E-state index in [4.69, 9.17) is 0 Å². The summed E-state index contributed by atoms with van der Waals surface area (Å²) in [4.78, 5) is 8.55. The third-order valence-electron chi connectivity index (χ3n) is 5.16. The van der Waals surface area contributed by atoms with Crippen LogP contribution in [0.4, 0.5) is 0 Å². The Morgan fingerprint density at radius 2 is 2.20 bits per heavy atom. The molecule has 2 aliphatic heterocycles. The van der Waals surface area contributed by atoms with Gasteiger partial charge in [0.05, 0.1) is 0 Å². The summed E-state index contributed by atoms with van der Waals surface area (Å²) >= 11 is 1.97. The summed E-state index contributed by atoms with van der Waals surface area (Å²) in [5.41, 5.74) is 0. The van der Waals surface area contributed by atoms with Gasteiger partial charge in [0.15, 0.2) is 0 Å². The van der Waals surface area contributed by atoms with Gasteiger partial charge in [-0.1, -0.05) is 6.92 Å². The first-order valence-electron chi connectivity index (χ1n) is 8.22. The minimum atomic E-state index is 0.681. The second kappa shape index (κ2) is 6.17. The van der Waals surface area contributed by atoms with E-state index in [-0.39, 0.29) is 0 Å². The maximum absolute atomic E-state index is 2.81. The number of hydrogen-bond acceptors (Lipinski definition) is 3. The molecule has 0 amide bonds. The average molecular weight is 292 g/mol. The van der Waals surface area contributed by atoms with Crippen LogP contribution in [0, 0.1) is 6.92 Å². The lowest BCUT2D eigenvalue weighted by Crippen LogP contribution is -2.58. The fourth-order valence-electron chi connectivity index (χ4n) is 4.02. The fourth-order valence-corrected chi connectivity index (χ4v) is 5.03. The highest BCUT2D eigenvalue weighted by atomic mass is 32.1. The smallest absolute Gasteiger partial charge is 0.0224 e. The Bertz CT molecular complexity index is 442. The molecule has 2 aliphatic rings. The van der Waals surface area contributed by atoms with Crippen molar-refractivity contribution < 1.29 is 0 Å². The molecule has 1 aromatic heterocycles. The first-order chi connectivity index (χ1) is 9.67. The van der Waals surface area contributed by atoms with Gasteiger partial charge in [-0.05, 0) is 58.2 Å². The Morgan fingerprint density at radius 1 is 1.35 bits per heavy atom. The van der Waals surface area contributed by atoms with E-state index in [0.29, 0.717) is 6.04 Å². The van der Waals surface area contributed by atoms with Gasteiger partial charge in [-0.25, -0.2) is 0 Å². The predicted molar refractivity (Wildman–Crippen MR) is 87.6 cm³/mol. The molecule has 1 aromatic rings. The van der Waals surface area contributed by atoms with E-state index in [9.17, 15) is 0 Å². The summed E-state index contributed by atoms with van der Waals surface area (Å²) in [7, 11) is 0. The van der Waals surface area contributed by atoms with Crippen LogP contribution in [0.25, 0.3) is 0 Å². The van der Waals surface area contributed by atoms with Crippen molar-refractivity contribution in [1.82, 2.24) is 9.80 Å². The maximum Gasteiger partial charge on any atom is 0.0224 e. The largest absolute Gasteiger partial charge is 0.298 e. The Hall–Kier alpha value is -0.380. The van der Waals surface area contributed by atoms with Crippen molar-refractivity contribution in [2.45, 2.75) is 64.6 Å². The Kier molecular flexibility index (Phi) is 4.49. The first kappa shape index (κ1) is 14.6. The van der Waals surface area contributed by atoms with Gasteiger partial charge in [0, 0.05) is 41.0 Å². The number of hydrogen-bond donors (Lipinski definition) is 0. The molecular formula is C17H28N2S. The van der Waals surface area contributed by atoms with E-state index in [1.807, 2.05) is 11.3 Å². The fraction of sp³-hybridized carbons (Fsp3) is 0.765. The zero-order chi connectivity index (χ0) is 14.1. The van der Waals surface area contributed by atoms with E-state index in [0.717, 1.165) is 12.1 Å². The molecule has 3 heteroatoms. The standard InChI is InChI=1S/C17H28N2S/c1-4-15-11-18-9-5-6-16(18)12-19(15)13(2)10-17-8-7-14(3)20-17/h7-8,13,15-16H,4-6,9-12H2,1-3H3. The van der Waals surface area contributed by atoms with Gasteiger partial charge in [-0.3, -0.25) is 9.80 Å². The Balaban J connectivity index is 1.66. The summed E-state index contributed by atoms with van der Waals surface area (Å²) in [6.45, 7) is 10.9. The number of nitrogens with zero attached hydrogens (tertiary/aromatic N) is 2. The number of rotatable bonds is 4. The van der Waals surface area contributed by atoms with Crippen LogP contribution in [-0.4, -0.2) is 47.6 Å². The van der Waals surface area contributed by atoms with Crippen molar-refractivity contribution >= 4 is 11.3 Å². The molecule has 20 heavy (non-hydrogen) atoms. The quantitative estimate of drug-likeness (QED) is 0.837. The number of thiophene rings is 1. The van der Waals surface area contributed by atoms with Crippen molar-refractivity contribution in [1.29, 1.82) is 0 Å². The van der Waals surface area contributed by atoms with E-state index in [1.54, 1.807) is 4.88 Å². The van der Waals surface area contributed by atoms with Gasteiger partial charge < -0.3 is 0 Å². The summed E-state index contributed by atoms with van der Waals surface area (Å²) in [5, 5.41) is 0. The zero-order valence-corrected chi connectivity index (χ0v) is 14.0. The van der Waals surface area contributed by atoms with Gasteiger partial charge in [0.1, 0.15) is 0 Å². The molecule has 2 fully saturated rings. The molecule has 0 radical (unpaired) electrons.